The molecule has 0 aromatic carbocycles. The third-order valence-electron chi connectivity index (χ3n) is 2.48. The van der Waals surface area contributed by atoms with Crippen LogP contribution in [-0.2, 0) is 4.74 Å². The highest BCUT2D eigenvalue weighted by Crippen LogP contribution is 2.09. The summed E-state index contributed by atoms with van der Waals surface area (Å²) in [6, 6.07) is 0. The average Bonchev–Trinajstić information content (AvgIpc) is 2.24. The van der Waals surface area contributed by atoms with Crippen molar-refractivity contribution in [3.63, 3.8) is 0 Å². The van der Waals surface area contributed by atoms with Crippen LogP contribution in [0, 0.1) is 0 Å². The smallest absolute Gasteiger partial charge is 0.261 e. The van der Waals surface area contributed by atoms with E-state index in [0.717, 1.165) is 19.3 Å². The lowest BCUT2D eigenvalue weighted by atomic mass is 10.1. The van der Waals surface area contributed by atoms with Crippen LogP contribution in [0.25, 0.3) is 0 Å². The fourth-order valence-electron chi connectivity index (χ4n) is 1.52. The van der Waals surface area contributed by atoms with E-state index in [9.17, 15) is 13.9 Å². The van der Waals surface area contributed by atoms with Crippen LogP contribution in [-0.4, -0.2) is 30.8 Å². The molecule has 0 saturated carbocycles. The van der Waals surface area contributed by atoms with E-state index < -0.39 is 19.1 Å². The van der Waals surface area contributed by atoms with E-state index in [1.54, 1.807) is 0 Å². The van der Waals surface area contributed by atoms with Gasteiger partial charge in [-0.3, -0.25) is 0 Å². The molecule has 4 heteroatoms. The molecule has 2 nitrogen and oxygen atoms in total. The summed E-state index contributed by atoms with van der Waals surface area (Å²) in [5.74, 6) is 0. The van der Waals surface area contributed by atoms with Gasteiger partial charge < -0.3 is 9.84 Å². The SMILES string of the molecule is CCCCCCCC(O)CCOCC(F)F. The van der Waals surface area contributed by atoms with Gasteiger partial charge in [-0.2, -0.15) is 0 Å². The zero-order valence-electron chi connectivity index (χ0n) is 10.1. The summed E-state index contributed by atoms with van der Waals surface area (Å²) < 4.78 is 28.1. The second-order valence-electron chi connectivity index (χ2n) is 4.11. The number of ether oxygens (including phenoxy) is 1. The molecule has 0 aliphatic carbocycles. The van der Waals surface area contributed by atoms with E-state index >= 15 is 0 Å². The lowest BCUT2D eigenvalue weighted by molar-refractivity contribution is 0.00401. The molecule has 0 aliphatic heterocycles. The van der Waals surface area contributed by atoms with Gasteiger partial charge in [-0.1, -0.05) is 39.0 Å². The Morgan fingerprint density at radius 3 is 2.38 bits per heavy atom. The highest BCUT2D eigenvalue weighted by molar-refractivity contribution is 4.56. The summed E-state index contributed by atoms with van der Waals surface area (Å²) in [5.41, 5.74) is 0. The molecule has 16 heavy (non-hydrogen) atoms. The predicted molar refractivity (Wildman–Crippen MR) is 60.8 cm³/mol. The Kier molecular flexibility index (Phi) is 11.1. The van der Waals surface area contributed by atoms with Crippen molar-refractivity contribution in [3.05, 3.63) is 0 Å². The van der Waals surface area contributed by atoms with Crippen LogP contribution < -0.4 is 0 Å². The van der Waals surface area contributed by atoms with Crippen LogP contribution in [0.1, 0.15) is 51.9 Å². The van der Waals surface area contributed by atoms with Gasteiger partial charge in [0.15, 0.2) is 0 Å². The van der Waals surface area contributed by atoms with Crippen molar-refractivity contribution >= 4 is 0 Å². The third kappa shape index (κ3) is 11.9. The average molecular weight is 238 g/mol. The summed E-state index contributed by atoms with van der Waals surface area (Å²) in [6.45, 7) is 1.86. The van der Waals surface area contributed by atoms with Crippen LogP contribution in [0.4, 0.5) is 8.78 Å². The van der Waals surface area contributed by atoms with Crippen molar-refractivity contribution in [1.29, 1.82) is 0 Å². The van der Waals surface area contributed by atoms with Gasteiger partial charge in [-0.15, -0.1) is 0 Å². The second-order valence-corrected chi connectivity index (χ2v) is 4.11. The van der Waals surface area contributed by atoms with Gasteiger partial charge in [0, 0.05) is 6.61 Å². The highest BCUT2D eigenvalue weighted by Gasteiger charge is 2.06. The lowest BCUT2D eigenvalue weighted by Crippen LogP contribution is -2.13. The van der Waals surface area contributed by atoms with Gasteiger partial charge in [0.25, 0.3) is 6.43 Å². The maximum absolute atomic E-state index is 11.7. The maximum Gasteiger partial charge on any atom is 0.261 e. The molecular weight excluding hydrogens is 214 g/mol. The number of hydrogen-bond donors (Lipinski definition) is 1. The highest BCUT2D eigenvalue weighted by atomic mass is 19.3. The molecule has 1 N–H and O–H groups in total. The first-order chi connectivity index (χ1) is 7.66. The molecular formula is C12H24F2O2. The monoisotopic (exact) mass is 238 g/mol. The fourth-order valence-corrected chi connectivity index (χ4v) is 1.52. The molecule has 0 radical (unpaired) electrons. The van der Waals surface area contributed by atoms with Crippen molar-refractivity contribution in [1.82, 2.24) is 0 Å². The molecule has 0 fully saturated rings. The first-order valence-electron chi connectivity index (χ1n) is 6.20. The first kappa shape index (κ1) is 15.8. The minimum atomic E-state index is -2.41. The van der Waals surface area contributed by atoms with Gasteiger partial charge in [-0.25, -0.2) is 8.78 Å². The summed E-state index contributed by atoms with van der Waals surface area (Å²) in [5, 5.41) is 9.50. The van der Waals surface area contributed by atoms with E-state index in [-0.39, 0.29) is 6.61 Å². The number of hydrogen-bond acceptors (Lipinski definition) is 2. The molecule has 0 aromatic rings. The van der Waals surface area contributed by atoms with E-state index in [2.05, 4.69) is 6.92 Å². The number of aliphatic hydroxyl groups excluding tert-OH is 1. The van der Waals surface area contributed by atoms with Crippen molar-refractivity contribution in [2.75, 3.05) is 13.2 Å². The summed E-state index contributed by atoms with van der Waals surface area (Å²) >= 11 is 0. The van der Waals surface area contributed by atoms with E-state index in [0.29, 0.717) is 6.42 Å². The lowest BCUT2D eigenvalue weighted by Gasteiger charge is -2.10. The molecule has 0 aromatic heterocycles. The Hall–Kier alpha value is -0.220. The van der Waals surface area contributed by atoms with Crippen LogP contribution in [0.15, 0.2) is 0 Å². The number of halogens is 2. The Morgan fingerprint density at radius 2 is 1.75 bits per heavy atom. The van der Waals surface area contributed by atoms with Crippen LogP contribution in [0.3, 0.4) is 0 Å². The molecule has 0 aliphatic rings. The molecule has 1 atom stereocenters. The number of unbranched alkanes of at least 4 members (excludes halogenated alkanes) is 4. The molecule has 0 rings (SSSR count). The molecule has 0 amide bonds. The second kappa shape index (κ2) is 11.3. The first-order valence-corrected chi connectivity index (χ1v) is 6.20. The third-order valence-corrected chi connectivity index (χ3v) is 2.48. The van der Waals surface area contributed by atoms with Crippen molar-refractivity contribution in [2.24, 2.45) is 0 Å². The van der Waals surface area contributed by atoms with Gasteiger partial charge in [0.2, 0.25) is 0 Å². The molecule has 1 unspecified atom stereocenters. The minimum absolute atomic E-state index is 0.223. The largest absolute Gasteiger partial charge is 0.393 e. The molecule has 0 spiro atoms. The van der Waals surface area contributed by atoms with E-state index in [1.807, 2.05) is 0 Å². The van der Waals surface area contributed by atoms with Crippen molar-refractivity contribution < 1.29 is 18.6 Å². The van der Waals surface area contributed by atoms with Gasteiger partial charge >= 0.3 is 0 Å². The van der Waals surface area contributed by atoms with Crippen molar-refractivity contribution in [3.8, 4) is 0 Å². The normalized spacial score (nSPS) is 13.3. The molecule has 0 bridgehead atoms. The summed E-state index contributed by atoms with van der Waals surface area (Å²) in [4.78, 5) is 0. The quantitative estimate of drug-likeness (QED) is 0.559. The van der Waals surface area contributed by atoms with E-state index in [1.165, 1.54) is 19.3 Å². The number of rotatable bonds is 11. The van der Waals surface area contributed by atoms with Crippen molar-refractivity contribution in [2.45, 2.75) is 64.4 Å². The number of aliphatic hydroxyl groups is 1. The van der Waals surface area contributed by atoms with Crippen LogP contribution in [0.5, 0.6) is 0 Å². The Labute approximate surface area is 97.0 Å². The molecule has 0 heterocycles. The minimum Gasteiger partial charge on any atom is -0.393 e. The fraction of sp³-hybridized carbons (Fsp3) is 1.00. The number of alkyl halides is 2. The zero-order valence-corrected chi connectivity index (χ0v) is 10.1. The molecule has 98 valence electrons. The molecule has 0 saturated heterocycles. The maximum atomic E-state index is 11.7. The van der Waals surface area contributed by atoms with Crippen LogP contribution >= 0.6 is 0 Å². The Bertz CT molecular complexity index is 143. The summed E-state index contributed by atoms with van der Waals surface area (Å²) in [6.07, 6.45) is 4.22. The van der Waals surface area contributed by atoms with Gasteiger partial charge in [0.05, 0.1) is 6.10 Å². The van der Waals surface area contributed by atoms with Gasteiger partial charge in [0.1, 0.15) is 6.61 Å². The Balaban J connectivity index is 3.15. The summed E-state index contributed by atoms with van der Waals surface area (Å²) in [7, 11) is 0. The Morgan fingerprint density at radius 1 is 1.06 bits per heavy atom. The predicted octanol–water partition coefficient (Wildman–Crippen LogP) is 3.38. The zero-order chi connectivity index (χ0) is 12.2. The van der Waals surface area contributed by atoms with Gasteiger partial charge in [-0.05, 0) is 12.8 Å². The van der Waals surface area contributed by atoms with Crippen LogP contribution in [0.2, 0.25) is 0 Å². The topological polar surface area (TPSA) is 29.5 Å². The van der Waals surface area contributed by atoms with E-state index in [4.69, 9.17) is 4.74 Å². The standard InChI is InChI=1S/C12H24F2O2/c1-2-3-4-5-6-7-11(15)8-9-16-10-12(13)14/h11-12,15H,2-10H2,1H3.